The molecule has 1 heteroatoms. The van der Waals surface area contributed by atoms with Gasteiger partial charge in [0.1, 0.15) is 0 Å². The van der Waals surface area contributed by atoms with Crippen LogP contribution in [0.5, 0.6) is 0 Å². The summed E-state index contributed by atoms with van der Waals surface area (Å²) >= 11 is 0. The van der Waals surface area contributed by atoms with Crippen LogP contribution in [0.4, 0.5) is 0 Å². The van der Waals surface area contributed by atoms with Crippen molar-refractivity contribution < 1.29 is 0 Å². The van der Waals surface area contributed by atoms with Crippen molar-refractivity contribution >= 4 is 0 Å². The van der Waals surface area contributed by atoms with Crippen LogP contribution in [0.3, 0.4) is 0 Å². The number of benzene rings is 1. The lowest BCUT2D eigenvalue weighted by Gasteiger charge is -2.31. The molecule has 3 rings (SSSR count). The third-order valence-electron chi connectivity index (χ3n) is 4.68. The number of hydrogen-bond acceptors (Lipinski definition) is 1. The molecule has 0 bridgehead atoms. The Morgan fingerprint density at radius 3 is 2.44 bits per heavy atom. The molecule has 18 heavy (non-hydrogen) atoms. The van der Waals surface area contributed by atoms with Crippen LogP contribution in [-0.2, 0) is 5.41 Å². The van der Waals surface area contributed by atoms with Gasteiger partial charge in [-0.15, -0.1) is 0 Å². The van der Waals surface area contributed by atoms with Gasteiger partial charge in [0.25, 0.3) is 0 Å². The molecule has 1 unspecified atom stereocenters. The van der Waals surface area contributed by atoms with E-state index in [2.05, 4.69) is 48.8 Å². The van der Waals surface area contributed by atoms with Crippen LogP contribution in [0.25, 0.3) is 0 Å². The Morgan fingerprint density at radius 2 is 1.89 bits per heavy atom. The third kappa shape index (κ3) is 2.01. The lowest BCUT2D eigenvalue weighted by atomic mass is 9.80. The molecule has 0 amide bonds. The first-order chi connectivity index (χ1) is 8.87. The van der Waals surface area contributed by atoms with Crippen molar-refractivity contribution in [3.8, 4) is 0 Å². The highest BCUT2D eigenvalue weighted by atomic mass is 14.9. The third-order valence-corrected chi connectivity index (χ3v) is 4.68. The zero-order chi connectivity index (χ0) is 12.4. The van der Waals surface area contributed by atoms with E-state index in [1.54, 1.807) is 5.57 Å². The van der Waals surface area contributed by atoms with E-state index in [4.69, 9.17) is 0 Å². The van der Waals surface area contributed by atoms with Crippen LogP contribution in [0, 0.1) is 0 Å². The monoisotopic (exact) mass is 241 g/mol. The van der Waals surface area contributed by atoms with Crippen LogP contribution < -0.4 is 5.32 Å². The molecule has 0 spiro atoms. The molecule has 0 aromatic heterocycles. The first-order valence-electron chi connectivity index (χ1n) is 7.28. The van der Waals surface area contributed by atoms with Crippen molar-refractivity contribution in [3.63, 3.8) is 0 Å². The molecule has 1 saturated carbocycles. The van der Waals surface area contributed by atoms with Gasteiger partial charge >= 0.3 is 0 Å². The maximum atomic E-state index is 3.60. The van der Waals surface area contributed by atoms with Crippen LogP contribution in [0.1, 0.15) is 44.1 Å². The summed E-state index contributed by atoms with van der Waals surface area (Å²) in [6.07, 6.45) is 10.5. The van der Waals surface area contributed by atoms with Crippen LogP contribution >= 0.6 is 0 Å². The minimum Gasteiger partial charge on any atom is -0.313 e. The Kier molecular flexibility index (Phi) is 3.25. The van der Waals surface area contributed by atoms with Gasteiger partial charge in [0.15, 0.2) is 0 Å². The Labute approximate surface area is 110 Å². The van der Waals surface area contributed by atoms with Crippen molar-refractivity contribution in [1.82, 2.24) is 5.32 Å². The van der Waals surface area contributed by atoms with Gasteiger partial charge in [0.2, 0.25) is 0 Å². The SMILES string of the molecule is CNC(C1=CCCCC1)C1(c2ccccc2)CC1. The fourth-order valence-electron chi connectivity index (χ4n) is 3.59. The predicted molar refractivity (Wildman–Crippen MR) is 76.8 cm³/mol. The van der Waals surface area contributed by atoms with E-state index in [0.717, 1.165) is 0 Å². The molecule has 2 aliphatic carbocycles. The Morgan fingerprint density at radius 1 is 1.11 bits per heavy atom. The van der Waals surface area contributed by atoms with Gasteiger partial charge in [-0.2, -0.15) is 0 Å². The molecule has 1 nitrogen and oxygen atoms in total. The van der Waals surface area contributed by atoms with Crippen molar-refractivity contribution in [3.05, 3.63) is 47.5 Å². The van der Waals surface area contributed by atoms with Gasteiger partial charge in [0, 0.05) is 11.5 Å². The summed E-state index contributed by atoms with van der Waals surface area (Å²) in [4.78, 5) is 0. The number of likely N-dealkylation sites (N-methyl/N-ethyl adjacent to an activating group) is 1. The molecule has 0 aliphatic heterocycles. The molecule has 0 radical (unpaired) electrons. The lowest BCUT2D eigenvalue weighted by Crippen LogP contribution is -2.40. The summed E-state index contributed by atoms with van der Waals surface area (Å²) < 4.78 is 0. The summed E-state index contributed by atoms with van der Waals surface area (Å²) in [5.41, 5.74) is 3.57. The second kappa shape index (κ2) is 4.89. The van der Waals surface area contributed by atoms with E-state index in [9.17, 15) is 0 Å². The van der Waals surface area contributed by atoms with E-state index in [1.165, 1.54) is 44.1 Å². The van der Waals surface area contributed by atoms with E-state index >= 15 is 0 Å². The second-order valence-electron chi connectivity index (χ2n) is 5.77. The highest BCUT2D eigenvalue weighted by Gasteiger charge is 2.51. The summed E-state index contributed by atoms with van der Waals surface area (Å²) in [5.74, 6) is 0. The van der Waals surface area contributed by atoms with Crippen LogP contribution in [-0.4, -0.2) is 13.1 Å². The smallest absolute Gasteiger partial charge is 0.0374 e. The molecule has 0 heterocycles. The number of nitrogens with one attached hydrogen (secondary N) is 1. The number of allylic oxidation sites excluding steroid dienone is 1. The molecule has 1 atom stereocenters. The summed E-state index contributed by atoms with van der Waals surface area (Å²) in [6.45, 7) is 0. The normalized spacial score (nSPS) is 23.3. The quantitative estimate of drug-likeness (QED) is 0.790. The van der Waals surface area contributed by atoms with E-state index in [-0.39, 0.29) is 0 Å². The summed E-state index contributed by atoms with van der Waals surface area (Å²) in [7, 11) is 2.13. The first-order valence-corrected chi connectivity index (χ1v) is 7.28. The highest BCUT2D eigenvalue weighted by Crippen LogP contribution is 2.53. The van der Waals surface area contributed by atoms with E-state index in [0.29, 0.717) is 11.5 Å². The molecule has 1 N–H and O–H groups in total. The highest BCUT2D eigenvalue weighted by molar-refractivity contribution is 5.38. The average molecular weight is 241 g/mol. The standard InChI is InChI=1S/C17H23N/c1-18-16(14-8-4-2-5-9-14)17(12-13-17)15-10-6-3-7-11-15/h3,6-8,10-11,16,18H,2,4-5,9,12-13H2,1H3. The minimum absolute atomic E-state index is 0.388. The maximum absolute atomic E-state index is 3.60. The van der Waals surface area contributed by atoms with Gasteiger partial charge in [0.05, 0.1) is 0 Å². The number of hydrogen-bond donors (Lipinski definition) is 1. The molecular formula is C17H23N. The van der Waals surface area contributed by atoms with Crippen molar-refractivity contribution in [2.24, 2.45) is 0 Å². The zero-order valence-corrected chi connectivity index (χ0v) is 11.3. The molecule has 0 saturated heterocycles. The van der Waals surface area contributed by atoms with Gasteiger partial charge in [-0.1, -0.05) is 42.0 Å². The lowest BCUT2D eigenvalue weighted by molar-refractivity contribution is 0.472. The molecule has 96 valence electrons. The molecule has 1 aromatic carbocycles. The second-order valence-corrected chi connectivity index (χ2v) is 5.77. The molecular weight excluding hydrogens is 218 g/mol. The molecule has 1 fully saturated rings. The van der Waals surface area contributed by atoms with Crippen molar-refractivity contribution in [1.29, 1.82) is 0 Å². The topological polar surface area (TPSA) is 12.0 Å². The average Bonchev–Trinajstić information content (AvgIpc) is 3.24. The molecule has 1 aromatic rings. The van der Waals surface area contributed by atoms with Crippen molar-refractivity contribution in [2.45, 2.75) is 50.0 Å². The van der Waals surface area contributed by atoms with Gasteiger partial charge in [-0.25, -0.2) is 0 Å². The fraction of sp³-hybridized carbons (Fsp3) is 0.529. The Balaban J connectivity index is 1.90. The Hall–Kier alpha value is -1.08. The first kappa shape index (κ1) is 12.0. The predicted octanol–water partition coefficient (Wildman–Crippen LogP) is 3.81. The van der Waals surface area contributed by atoms with Gasteiger partial charge in [-0.05, 0) is 51.1 Å². The minimum atomic E-state index is 0.388. The largest absolute Gasteiger partial charge is 0.313 e. The van der Waals surface area contributed by atoms with Crippen molar-refractivity contribution in [2.75, 3.05) is 7.05 Å². The zero-order valence-electron chi connectivity index (χ0n) is 11.3. The molecule has 2 aliphatic rings. The van der Waals surface area contributed by atoms with Gasteiger partial charge in [-0.3, -0.25) is 0 Å². The van der Waals surface area contributed by atoms with Gasteiger partial charge < -0.3 is 5.32 Å². The maximum Gasteiger partial charge on any atom is 0.0374 e. The van der Waals surface area contributed by atoms with Crippen LogP contribution in [0.2, 0.25) is 0 Å². The van der Waals surface area contributed by atoms with E-state index < -0.39 is 0 Å². The summed E-state index contributed by atoms with van der Waals surface area (Å²) in [5, 5.41) is 3.60. The van der Waals surface area contributed by atoms with Crippen LogP contribution in [0.15, 0.2) is 42.0 Å². The number of rotatable bonds is 4. The van der Waals surface area contributed by atoms with E-state index in [1.807, 2.05) is 0 Å². The Bertz CT molecular complexity index is 428. The summed E-state index contributed by atoms with van der Waals surface area (Å²) in [6, 6.07) is 11.6. The fourth-order valence-corrected chi connectivity index (χ4v) is 3.59.